The third-order valence-corrected chi connectivity index (χ3v) is 9.23. The zero-order chi connectivity index (χ0) is 18.2. The Bertz CT molecular complexity index is 1180. The minimum absolute atomic E-state index is 0.0407. The summed E-state index contributed by atoms with van der Waals surface area (Å²) in [6.07, 6.45) is 0. The predicted molar refractivity (Wildman–Crippen MR) is 127 cm³/mol. The lowest BCUT2D eigenvalue weighted by molar-refractivity contribution is 0.309. The van der Waals surface area contributed by atoms with Gasteiger partial charge in [-0.25, -0.2) is 0 Å². The van der Waals surface area contributed by atoms with Crippen molar-refractivity contribution in [2.45, 2.75) is 6.61 Å². The highest BCUT2D eigenvalue weighted by Gasteiger charge is 2.22. The smallest absolute Gasteiger partial charge is 0.187 e. The molecule has 0 radical (unpaired) electrons. The van der Waals surface area contributed by atoms with Crippen LogP contribution in [0.15, 0.2) is 84.2 Å². The Balaban J connectivity index is 1.52. The second-order valence-electron chi connectivity index (χ2n) is 6.25. The highest BCUT2D eigenvalue weighted by molar-refractivity contribution is 14.1. The van der Waals surface area contributed by atoms with E-state index in [9.17, 15) is 0 Å². The van der Waals surface area contributed by atoms with Gasteiger partial charge in [0.25, 0.3) is 0 Å². The summed E-state index contributed by atoms with van der Waals surface area (Å²) in [6, 6.07) is 28.3. The van der Waals surface area contributed by atoms with Crippen molar-refractivity contribution in [2.75, 3.05) is 0 Å². The van der Waals surface area contributed by atoms with E-state index in [-0.39, 0.29) is 10.5 Å². The quantitative estimate of drug-likeness (QED) is 0.180. The molecule has 2 heterocycles. The Labute approximate surface area is 178 Å². The van der Waals surface area contributed by atoms with Crippen LogP contribution in [0, 0.1) is 3.57 Å². The molecule has 1 nitrogen and oxygen atoms in total. The van der Waals surface area contributed by atoms with Gasteiger partial charge < -0.3 is 4.74 Å². The number of thiophene rings is 2. The Morgan fingerprint density at radius 1 is 0.778 bits per heavy atom. The molecule has 27 heavy (non-hydrogen) atoms. The summed E-state index contributed by atoms with van der Waals surface area (Å²) in [7, 11) is -0.0407. The molecule has 0 aliphatic heterocycles. The number of hydrogen-bond donors (Lipinski definition) is 0. The molecule has 0 unspecified atom stereocenters. The molecule has 0 N–H and O–H groups in total. The van der Waals surface area contributed by atoms with Crippen LogP contribution in [-0.2, 0) is 6.61 Å². The zero-order valence-electron chi connectivity index (χ0n) is 14.4. The van der Waals surface area contributed by atoms with Crippen molar-refractivity contribution >= 4 is 64.6 Å². The predicted octanol–water partition coefficient (Wildman–Crippen LogP) is 7.98. The standard InChI is InChI=1S/C23H16IOS2/c24-20-13-14-26-21(20)15-25-16-9-11-17(12-10-16)27-22-7-3-1-5-18(22)19-6-2-4-8-23(19)27/h1-14H,15H2/q+1. The molecule has 0 saturated carbocycles. The van der Waals surface area contributed by atoms with Crippen molar-refractivity contribution in [3.05, 3.63) is 92.7 Å². The molecular formula is C23H16IOS2+. The van der Waals surface area contributed by atoms with Crippen LogP contribution < -0.4 is 4.74 Å². The third-order valence-electron chi connectivity index (χ3n) is 4.62. The average Bonchev–Trinajstić information content (AvgIpc) is 3.28. The van der Waals surface area contributed by atoms with E-state index in [2.05, 4.69) is 107 Å². The van der Waals surface area contributed by atoms with Gasteiger partial charge in [0.05, 0.1) is 4.88 Å². The van der Waals surface area contributed by atoms with Crippen LogP contribution in [0.25, 0.3) is 25.1 Å². The second kappa shape index (κ2) is 7.26. The highest BCUT2D eigenvalue weighted by atomic mass is 127. The molecule has 0 amide bonds. The summed E-state index contributed by atoms with van der Waals surface area (Å²) >= 11 is 4.11. The van der Waals surface area contributed by atoms with Gasteiger partial charge in [-0.05, 0) is 70.4 Å². The first-order chi connectivity index (χ1) is 13.3. The van der Waals surface area contributed by atoms with Crippen molar-refractivity contribution in [3.8, 4) is 10.6 Å². The molecule has 0 bridgehead atoms. The normalized spacial score (nSPS) is 11.3. The molecule has 0 spiro atoms. The minimum Gasteiger partial charge on any atom is -0.488 e. The fourth-order valence-corrected chi connectivity index (χ4v) is 7.37. The van der Waals surface area contributed by atoms with Gasteiger partial charge in [-0.3, -0.25) is 0 Å². The molecule has 5 rings (SSSR count). The first-order valence-electron chi connectivity index (χ1n) is 8.69. The van der Waals surface area contributed by atoms with Crippen molar-refractivity contribution < 1.29 is 4.74 Å². The van der Waals surface area contributed by atoms with Crippen LogP contribution in [0.4, 0.5) is 0 Å². The zero-order valence-corrected chi connectivity index (χ0v) is 18.2. The summed E-state index contributed by atoms with van der Waals surface area (Å²) in [5.74, 6) is 0.923. The largest absolute Gasteiger partial charge is 0.488 e. The van der Waals surface area contributed by atoms with Gasteiger partial charge in [-0.15, -0.1) is 11.3 Å². The topological polar surface area (TPSA) is 9.23 Å². The molecule has 5 aromatic rings. The number of benzene rings is 3. The molecule has 0 saturated heterocycles. The molecule has 0 aliphatic carbocycles. The van der Waals surface area contributed by atoms with Crippen LogP contribution in [-0.4, -0.2) is 0 Å². The Morgan fingerprint density at radius 3 is 2.00 bits per heavy atom. The molecule has 0 aliphatic rings. The van der Waals surface area contributed by atoms with E-state index in [4.69, 9.17) is 4.74 Å². The van der Waals surface area contributed by atoms with E-state index in [0.717, 1.165) is 5.75 Å². The SMILES string of the molecule is Ic1ccsc1COc1ccc(-[s+]2c3ccccc3c3ccccc32)cc1. The molecule has 0 atom stereocenters. The first-order valence-corrected chi connectivity index (χ1v) is 11.9. The number of rotatable bonds is 4. The molecule has 3 aromatic carbocycles. The molecule has 4 heteroatoms. The van der Waals surface area contributed by atoms with Gasteiger partial charge >= 0.3 is 0 Å². The number of fused-ring (bicyclic) bond motifs is 3. The lowest BCUT2D eigenvalue weighted by atomic mass is 10.2. The first kappa shape index (κ1) is 17.2. The third kappa shape index (κ3) is 3.16. The lowest BCUT2D eigenvalue weighted by Gasteiger charge is -2.05. The lowest BCUT2D eigenvalue weighted by Crippen LogP contribution is -1.94. The van der Waals surface area contributed by atoms with Gasteiger partial charge in [-0.2, -0.15) is 0 Å². The number of hydrogen-bond acceptors (Lipinski definition) is 2. The van der Waals surface area contributed by atoms with Gasteiger partial charge in [-0.1, -0.05) is 24.3 Å². The minimum atomic E-state index is -0.0407. The monoisotopic (exact) mass is 499 g/mol. The van der Waals surface area contributed by atoms with E-state index in [1.807, 2.05) is 0 Å². The van der Waals surface area contributed by atoms with Crippen molar-refractivity contribution in [2.24, 2.45) is 0 Å². The summed E-state index contributed by atoms with van der Waals surface area (Å²) in [4.78, 5) is 2.62. The molecule has 132 valence electrons. The highest BCUT2D eigenvalue weighted by Crippen LogP contribution is 2.48. The number of halogens is 1. The summed E-state index contributed by atoms with van der Waals surface area (Å²) in [5.41, 5.74) is 0. The van der Waals surface area contributed by atoms with E-state index in [1.54, 1.807) is 11.3 Å². The van der Waals surface area contributed by atoms with Gasteiger partial charge in [0, 0.05) is 36.9 Å². The van der Waals surface area contributed by atoms with E-state index < -0.39 is 0 Å². The summed E-state index contributed by atoms with van der Waals surface area (Å²) in [5, 5.41) is 4.84. The Kier molecular flexibility index (Phi) is 4.63. The summed E-state index contributed by atoms with van der Waals surface area (Å²) < 4.78 is 10.1. The maximum atomic E-state index is 6.00. The van der Waals surface area contributed by atoms with Crippen LogP contribution in [0.3, 0.4) is 0 Å². The van der Waals surface area contributed by atoms with Crippen LogP contribution >= 0.6 is 44.4 Å². The van der Waals surface area contributed by atoms with Gasteiger partial charge in [0.1, 0.15) is 12.4 Å². The molecule has 2 aromatic heterocycles. The maximum absolute atomic E-state index is 6.00. The van der Waals surface area contributed by atoms with E-state index >= 15 is 0 Å². The van der Waals surface area contributed by atoms with Gasteiger partial charge in [0.2, 0.25) is 0 Å². The van der Waals surface area contributed by atoms with Crippen molar-refractivity contribution in [1.82, 2.24) is 0 Å². The van der Waals surface area contributed by atoms with E-state index in [0.29, 0.717) is 6.61 Å². The fraction of sp³-hybridized carbons (Fsp3) is 0.0435. The van der Waals surface area contributed by atoms with Crippen molar-refractivity contribution in [3.63, 3.8) is 0 Å². The molecular weight excluding hydrogens is 483 g/mol. The van der Waals surface area contributed by atoms with Crippen molar-refractivity contribution in [1.29, 1.82) is 0 Å². The molecule has 0 fully saturated rings. The van der Waals surface area contributed by atoms with Crippen LogP contribution in [0.5, 0.6) is 5.75 Å². The number of ether oxygens (including phenoxy) is 1. The van der Waals surface area contributed by atoms with Crippen LogP contribution in [0.1, 0.15) is 4.88 Å². The average molecular weight is 499 g/mol. The second-order valence-corrected chi connectivity index (χ2v) is 10.4. The maximum Gasteiger partial charge on any atom is 0.187 e. The van der Waals surface area contributed by atoms with E-state index in [1.165, 1.54) is 33.5 Å². The fourth-order valence-electron chi connectivity index (χ4n) is 3.36. The summed E-state index contributed by atoms with van der Waals surface area (Å²) in [6.45, 7) is 0.632. The van der Waals surface area contributed by atoms with Gasteiger partial charge in [0.15, 0.2) is 14.3 Å². The van der Waals surface area contributed by atoms with Crippen LogP contribution in [0.2, 0.25) is 0 Å². The Hall–Kier alpha value is -1.89. The Morgan fingerprint density at radius 2 is 1.41 bits per heavy atom.